The van der Waals surface area contributed by atoms with E-state index in [1.54, 1.807) is 0 Å². The van der Waals surface area contributed by atoms with Crippen molar-refractivity contribution in [1.82, 2.24) is 4.98 Å². The van der Waals surface area contributed by atoms with Crippen LogP contribution in [0.4, 0.5) is 0 Å². The van der Waals surface area contributed by atoms with Crippen LogP contribution in [0.15, 0.2) is 24.3 Å². The van der Waals surface area contributed by atoms with E-state index >= 15 is 0 Å². The highest BCUT2D eigenvalue weighted by molar-refractivity contribution is 6.18. The molecule has 0 spiro atoms. The lowest BCUT2D eigenvalue weighted by Crippen LogP contribution is -1.77. The normalized spacial score (nSPS) is 10.8. The van der Waals surface area contributed by atoms with Crippen LogP contribution < -0.4 is 0 Å². The average Bonchev–Trinajstić information content (AvgIpc) is 2.44. The summed E-state index contributed by atoms with van der Waals surface area (Å²) in [5, 5.41) is 1.24. The van der Waals surface area contributed by atoms with Crippen LogP contribution in [0, 0.1) is 6.92 Å². The maximum absolute atomic E-state index is 5.80. The van der Waals surface area contributed by atoms with Gasteiger partial charge in [-0.3, -0.25) is 0 Å². The first kappa shape index (κ1) is 7.69. The summed E-state index contributed by atoms with van der Waals surface area (Å²) in [7, 11) is 0. The van der Waals surface area contributed by atoms with Gasteiger partial charge in [0, 0.05) is 22.5 Å². The zero-order valence-corrected chi connectivity index (χ0v) is 7.65. The van der Waals surface area contributed by atoms with Gasteiger partial charge in [0.1, 0.15) is 0 Å². The Bertz CT molecular complexity index is 403. The minimum atomic E-state index is 0.578. The van der Waals surface area contributed by atoms with E-state index in [1.807, 2.05) is 6.07 Å². The lowest BCUT2D eigenvalue weighted by Gasteiger charge is -1.95. The fraction of sp³-hybridized carbons (Fsp3) is 0.200. The zero-order chi connectivity index (χ0) is 8.55. The molecule has 2 aromatic rings. The first-order valence-corrected chi connectivity index (χ1v) is 4.48. The molecular formula is C10H10ClN. The van der Waals surface area contributed by atoms with E-state index in [1.165, 1.54) is 22.2 Å². The summed E-state index contributed by atoms with van der Waals surface area (Å²) in [5.41, 5.74) is 3.55. The van der Waals surface area contributed by atoms with E-state index in [9.17, 15) is 0 Å². The number of fused-ring (bicyclic) bond motifs is 1. The molecule has 1 heterocycles. The number of nitrogens with one attached hydrogen (secondary N) is 1. The third kappa shape index (κ3) is 1.10. The summed E-state index contributed by atoms with van der Waals surface area (Å²) in [6.45, 7) is 2.05. The van der Waals surface area contributed by atoms with Crippen molar-refractivity contribution in [1.29, 1.82) is 0 Å². The second-order valence-corrected chi connectivity index (χ2v) is 3.23. The van der Waals surface area contributed by atoms with E-state index in [4.69, 9.17) is 11.6 Å². The van der Waals surface area contributed by atoms with Gasteiger partial charge in [-0.15, -0.1) is 11.6 Å². The molecule has 1 nitrogen and oxygen atoms in total. The number of hydrogen-bond acceptors (Lipinski definition) is 0. The van der Waals surface area contributed by atoms with Crippen molar-refractivity contribution in [2.45, 2.75) is 12.8 Å². The van der Waals surface area contributed by atoms with E-state index in [0.29, 0.717) is 5.88 Å². The minimum absolute atomic E-state index is 0.578. The van der Waals surface area contributed by atoms with Crippen LogP contribution >= 0.6 is 11.6 Å². The van der Waals surface area contributed by atoms with Gasteiger partial charge in [0.15, 0.2) is 0 Å². The monoisotopic (exact) mass is 179 g/mol. The molecule has 0 atom stereocenters. The highest BCUT2D eigenvalue weighted by Gasteiger charge is 2.00. The number of aryl methyl sites for hydroxylation is 1. The fourth-order valence-corrected chi connectivity index (χ4v) is 1.71. The quantitative estimate of drug-likeness (QED) is 0.647. The molecule has 0 saturated carbocycles. The lowest BCUT2D eigenvalue weighted by atomic mass is 10.1. The number of alkyl halides is 1. The van der Waals surface area contributed by atoms with Crippen molar-refractivity contribution in [3.63, 3.8) is 0 Å². The van der Waals surface area contributed by atoms with Crippen molar-refractivity contribution in [2.75, 3.05) is 0 Å². The smallest absolute Gasteiger partial charge is 0.0480 e. The highest BCUT2D eigenvalue weighted by Crippen LogP contribution is 2.20. The minimum Gasteiger partial charge on any atom is -0.359 e. The Morgan fingerprint density at radius 3 is 3.00 bits per heavy atom. The van der Waals surface area contributed by atoms with Crippen molar-refractivity contribution in [3.8, 4) is 0 Å². The maximum Gasteiger partial charge on any atom is 0.0480 e. The third-order valence-electron chi connectivity index (χ3n) is 2.03. The highest BCUT2D eigenvalue weighted by atomic mass is 35.5. The fourth-order valence-electron chi connectivity index (χ4n) is 1.47. The van der Waals surface area contributed by atoms with Gasteiger partial charge in [-0.05, 0) is 24.6 Å². The third-order valence-corrected chi connectivity index (χ3v) is 2.32. The molecule has 62 valence electrons. The van der Waals surface area contributed by atoms with Gasteiger partial charge >= 0.3 is 0 Å². The van der Waals surface area contributed by atoms with Crippen LogP contribution in [0.3, 0.4) is 0 Å². The molecule has 0 fully saturated rings. The second kappa shape index (κ2) is 2.83. The maximum atomic E-state index is 5.80. The molecule has 0 aliphatic heterocycles. The molecule has 2 rings (SSSR count). The van der Waals surface area contributed by atoms with Gasteiger partial charge in [-0.1, -0.05) is 12.1 Å². The van der Waals surface area contributed by atoms with Crippen LogP contribution in [0.2, 0.25) is 0 Å². The molecular weight excluding hydrogens is 170 g/mol. The Labute approximate surface area is 76.4 Å². The summed E-state index contributed by atoms with van der Waals surface area (Å²) in [6, 6.07) is 8.28. The predicted molar refractivity (Wildman–Crippen MR) is 52.6 cm³/mol. The van der Waals surface area contributed by atoms with Crippen LogP contribution in [-0.2, 0) is 5.88 Å². The Balaban J connectivity index is 2.78. The van der Waals surface area contributed by atoms with Gasteiger partial charge in [0.25, 0.3) is 0 Å². The van der Waals surface area contributed by atoms with Crippen LogP contribution in [0.25, 0.3) is 10.9 Å². The van der Waals surface area contributed by atoms with E-state index in [2.05, 4.69) is 30.1 Å². The van der Waals surface area contributed by atoms with Gasteiger partial charge in [0.2, 0.25) is 0 Å². The van der Waals surface area contributed by atoms with Gasteiger partial charge in [-0.2, -0.15) is 0 Å². The number of rotatable bonds is 1. The molecule has 0 bridgehead atoms. The molecule has 1 N–H and O–H groups in total. The largest absolute Gasteiger partial charge is 0.359 e. The summed E-state index contributed by atoms with van der Waals surface area (Å²) < 4.78 is 0. The Hall–Kier alpha value is -0.950. The molecule has 2 heteroatoms. The van der Waals surface area contributed by atoms with Gasteiger partial charge in [0.05, 0.1) is 0 Å². The number of aromatic nitrogens is 1. The number of aromatic amines is 1. The van der Waals surface area contributed by atoms with Crippen LogP contribution in [0.1, 0.15) is 11.3 Å². The van der Waals surface area contributed by atoms with Gasteiger partial charge < -0.3 is 4.98 Å². The van der Waals surface area contributed by atoms with E-state index < -0.39 is 0 Å². The first-order valence-electron chi connectivity index (χ1n) is 3.94. The Morgan fingerprint density at radius 1 is 1.42 bits per heavy atom. The lowest BCUT2D eigenvalue weighted by molar-refractivity contribution is 1.30. The Morgan fingerprint density at radius 2 is 2.25 bits per heavy atom. The molecule has 0 aliphatic carbocycles. The summed E-state index contributed by atoms with van der Waals surface area (Å²) in [6.07, 6.45) is 0. The van der Waals surface area contributed by atoms with Crippen LogP contribution in [0.5, 0.6) is 0 Å². The number of H-pyrrole nitrogens is 1. The first-order chi connectivity index (χ1) is 5.81. The van der Waals surface area contributed by atoms with Crippen molar-refractivity contribution >= 4 is 22.5 Å². The molecule has 0 saturated heterocycles. The van der Waals surface area contributed by atoms with Crippen molar-refractivity contribution in [2.24, 2.45) is 0 Å². The number of halogens is 1. The standard InChI is InChI=1S/C10H10ClN/c1-7-5-9-8(6-11)3-2-4-10(9)12-7/h2-5,12H,6H2,1H3. The Kier molecular flexibility index (Phi) is 1.81. The number of benzene rings is 1. The molecule has 12 heavy (non-hydrogen) atoms. The molecule has 0 unspecified atom stereocenters. The van der Waals surface area contributed by atoms with Crippen LogP contribution in [-0.4, -0.2) is 4.98 Å². The van der Waals surface area contributed by atoms with Crippen molar-refractivity contribution < 1.29 is 0 Å². The average molecular weight is 180 g/mol. The SMILES string of the molecule is Cc1cc2c(CCl)cccc2[nH]1. The molecule has 0 radical (unpaired) electrons. The predicted octanol–water partition coefficient (Wildman–Crippen LogP) is 3.22. The summed E-state index contributed by atoms with van der Waals surface area (Å²) in [5.74, 6) is 0.578. The van der Waals surface area contributed by atoms with E-state index in [-0.39, 0.29) is 0 Å². The number of hydrogen-bond donors (Lipinski definition) is 1. The van der Waals surface area contributed by atoms with E-state index in [0.717, 1.165) is 0 Å². The molecule has 1 aromatic heterocycles. The van der Waals surface area contributed by atoms with Crippen molar-refractivity contribution in [3.05, 3.63) is 35.5 Å². The summed E-state index contributed by atoms with van der Waals surface area (Å²) in [4.78, 5) is 3.27. The molecule has 0 aliphatic rings. The second-order valence-electron chi connectivity index (χ2n) is 2.96. The molecule has 1 aromatic carbocycles. The van der Waals surface area contributed by atoms with Gasteiger partial charge in [-0.25, -0.2) is 0 Å². The zero-order valence-electron chi connectivity index (χ0n) is 6.89. The molecule has 0 amide bonds. The topological polar surface area (TPSA) is 15.8 Å². The summed E-state index contributed by atoms with van der Waals surface area (Å²) >= 11 is 5.80.